The number of halogens is 3. The maximum atomic E-state index is 12.5. The number of alkyl halides is 3. The number of hydrogen-bond acceptors (Lipinski definition) is 3. The van der Waals surface area contributed by atoms with Gasteiger partial charge in [-0.3, -0.25) is 0 Å². The molecular weight excluding hydrogens is 377 g/mol. The van der Waals surface area contributed by atoms with E-state index < -0.39 is 21.4 Å². The SMILES string of the molecule is Cc1ccc(-c2cccc(-c3cccc(OS(=O)(=O)C(F)(F)F)c3)c2)cc1. The Bertz CT molecular complexity index is 1060. The summed E-state index contributed by atoms with van der Waals surface area (Å²) in [4.78, 5) is 0. The standard InChI is InChI=1S/C20H15F3O3S/c1-14-8-10-15(11-9-14)16-4-2-5-17(12-16)18-6-3-7-19(13-18)26-27(24,25)20(21,22)23/h2-13H,1H3. The van der Waals surface area contributed by atoms with Gasteiger partial charge >= 0.3 is 15.6 Å². The number of rotatable bonds is 4. The second-order valence-corrected chi connectivity index (χ2v) is 7.50. The van der Waals surface area contributed by atoms with Gasteiger partial charge in [0.25, 0.3) is 0 Å². The van der Waals surface area contributed by atoms with E-state index in [9.17, 15) is 21.6 Å². The van der Waals surface area contributed by atoms with Gasteiger partial charge in [0.15, 0.2) is 0 Å². The number of benzene rings is 3. The monoisotopic (exact) mass is 392 g/mol. The molecule has 0 atom stereocenters. The smallest absolute Gasteiger partial charge is 0.376 e. The summed E-state index contributed by atoms with van der Waals surface area (Å²) in [7, 11) is -5.70. The zero-order chi connectivity index (χ0) is 19.7. The Morgan fingerprint density at radius 2 is 1.26 bits per heavy atom. The maximum Gasteiger partial charge on any atom is 0.534 e. The van der Waals surface area contributed by atoms with Crippen molar-refractivity contribution in [2.24, 2.45) is 0 Å². The molecule has 0 aliphatic rings. The summed E-state index contributed by atoms with van der Waals surface area (Å²) >= 11 is 0. The van der Waals surface area contributed by atoms with Crippen LogP contribution >= 0.6 is 0 Å². The van der Waals surface area contributed by atoms with Crippen LogP contribution in [0.2, 0.25) is 0 Å². The van der Waals surface area contributed by atoms with Crippen LogP contribution in [-0.4, -0.2) is 13.9 Å². The van der Waals surface area contributed by atoms with Crippen LogP contribution < -0.4 is 4.18 Å². The summed E-state index contributed by atoms with van der Waals surface area (Å²) in [6, 6.07) is 20.9. The predicted octanol–water partition coefficient (Wildman–Crippen LogP) is 5.56. The predicted molar refractivity (Wildman–Crippen MR) is 97.7 cm³/mol. The summed E-state index contributed by atoms with van der Waals surface area (Å²) in [5, 5.41) is 0. The molecule has 0 heterocycles. The summed E-state index contributed by atoms with van der Waals surface area (Å²) in [5.41, 5.74) is -1.16. The summed E-state index contributed by atoms with van der Waals surface area (Å²) in [6.07, 6.45) is 0. The van der Waals surface area contributed by atoms with E-state index >= 15 is 0 Å². The van der Waals surface area contributed by atoms with Gasteiger partial charge in [-0.05, 0) is 47.4 Å². The lowest BCUT2D eigenvalue weighted by atomic mass is 9.98. The van der Waals surface area contributed by atoms with Crippen molar-refractivity contribution in [3.8, 4) is 28.0 Å². The lowest BCUT2D eigenvalue weighted by Gasteiger charge is -2.11. The van der Waals surface area contributed by atoms with Gasteiger partial charge in [0.1, 0.15) is 5.75 Å². The first kappa shape index (κ1) is 19.0. The topological polar surface area (TPSA) is 43.4 Å². The lowest BCUT2D eigenvalue weighted by molar-refractivity contribution is -0.0500. The molecule has 0 amide bonds. The minimum Gasteiger partial charge on any atom is -0.376 e. The van der Waals surface area contributed by atoms with Crippen molar-refractivity contribution >= 4 is 10.1 Å². The molecule has 3 nitrogen and oxygen atoms in total. The molecule has 0 spiro atoms. The van der Waals surface area contributed by atoms with Crippen molar-refractivity contribution in [3.63, 3.8) is 0 Å². The first-order valence-corrected chi connectivity index (χ1v) is 9.35. The fourth-order valence-corrected chi connectivity index (χ4v) is 2.98. The van der Waals surface area contributed by atoms with Crippen molar-refractivity contribution in [1.82, 2.24) is 0 Å². The molecule has 0 N–H and O–H groups in total. The van der Waals surface area contributed by atoms with Gasteiger partial charge in [-0.25, -0.2) is 0 Å². The van der Waals surface area contributed by atoms with E-state index in [4.69, 9.17) is 0 Å². The van der Waals surface area contributed by atoms with Crippen molar-refractivity contribution in [2.45, 2.75) is 12.4 Å². The lowest BCUT2D eigenvalue weighted by Crippen LogP contribution is -2.28. The Kier molecular flexibility index (Phi) is 4.97. The van der Waals surface area contributed by atoms with Crippen LogP contribution in [0.25, 0.3) is 22.3 Å². The summed E-state index contributed by atoms with van der Waals surface area (Å²) in [6.45, 7) is 1.99. The van der Waals surface area contributed by atoms with E-state index in [2.05, 4.69) is 4.18 Å². The average molecular weight is 392 g/mol. The Hall–Kier alpha value is -2.80. The zero-order valence-corrected chi connectivity index (χ0v) is 15.0. The molecule has 0 saturated heterocycles. The Morgan fingerprint density at radius 1 is 0.741 bits per heavy atom. The van der Waals surface area contributed by atoms with E-state index in [1.54, 1.807) is 12.1 Å². The van der Waals surface area contributed by atoms with Crippen molar-refractivity contribution in [2.75, 3.05) is 0 Å². The molecule has 0 saturated carbocycles. The second kappa shape index (κ2) is 7.08. The normalized spacial score (nSPS) is 12.0. The fraction of sp³-hybridized carbons (Fsp3) is 0.100. The Balaban J connectivity index is 1.94. The van der Waals surface area contributed by atoms with Crippen molar-refractivity contribution < 1.29 is 25.8 Å². The molecule has 140 valence electrons. The highest BCUT2D eigenvalue weighted by atomic mass is 32.2. The van der Waals surface area contributed by atoms with Gasteiger partial charge < -0.3 is 4.18 Å². The van der Waals surface area contributed by atoms with E-state index in [-0.39, 0.29) is 0 Å². The van der Waals surface area contributed by atoms with Gasteiger partial charge in [-0.1, -0.05) is 60.2 Å². The molecule has 0 unspecified atom stereocenters. The Morgan fingerprint density at radius 3 is 1.85 bits per heavy atom. The molecular formula is C20H15F3O3S. The van der Waals surface area contributed by atoms with Crippen molar-refractivity contribution in [3.05, 3.63) is 78.4 Å². The first-order valence-electron chi connectivity index (χ1n) is 7.94. The first-order chi connectivity index (χ1) is 12.7. The zero-order valence-electron chi connectivity index (χ0n) is 14.2. The minimum absolute atomic E-state index is 0.398. The molecule has 0 aromatic heterocycles. The fourth-order valence-electron chi connectivity index (χ4n) is 2.53. The van der Waals surface area contributed by atoms with E-state index in [0.717, 1.165) is 28.3 Å². The molecule has 3 aromatic rings. The molecule has 3 aromatic carbocycles. The second-order valence-electron chi connectivity index (χ2n) is 5.96. The van der Waals surface area contributed by atoms with E-state index in [1.165, 1.54) is 12.1 Å². The van der Waals surface area contributed by atoms with Gasteiger partial charge in [-0.15, -0.1) is 0 Å². The van der Waals surface area contributed by atoms with Crippen LogP contribution in [0, 0.1) is 6.92 Å². The van der Waals surface area contributed by atoms with Gasteiger partial charge in [0, 0.05) is 0 Å². The quantitative estimate of drug-likeness (QED) is 0.431. The third kappa shape index (κ3) is 4.31. The van der Waals surface area contributed by atoms with Crippen LogP contribution in [0.1, 0.15) is 5.56 Å². The maximum absolute atomic E-state index is 12.5. The highest BCUT2D eigenvalue weighted by Gasteiger charge is 2.48. The number of hydrogen-bond donors (Lipinski definition) is 0. The van der Waals surface area contributed by atoms with Gasteiger partial charge in [0.05, 0.1) is 0 Å². The third-order valence-electron chi connectivity index (χ3n) is 3.90. The molecule has 0 aliphatic heterocycles. The van der Waals surface area contributed by atoms with Crippen LogP contribution in [-0.2, 0) is 10.1 Å². The highest BCUT2D eigenvalue weighted by molar-refractivity contribution is 7.88. The van der Waals surface area contributed by atoms with Gasteiger partial charge in [-0.2, -0.15) is 21.6 Å². The third-order valence-corrected chi connectivity index (χ3v) is 4.88. The molecule has 0 bridgehead atoms. The average Bonchev–Trinajstić information content (AvgIpc) is 2.61. The Labute approximate surface area is 155 Å². The molecule has 0 aliphatic carbocycles. The number of aryl methyl sites for hydroxylation is 1. The van der Waals surface area contributed by atoms with E-state index in [0.29, 0.717) is 5.56 Å². The molecule has 3 rings (SSSR count). The van der Waals surface area contributed by atoms with Gasteiger partial charge in [0.2, 0.25) is 0 Å². The highest BCUT2D eigenvalue weighted by Crippen LogP contribution is 2.31. The van der Waals surface area contributed by atoms with Crippen LogP contribution in [0.5, 0.6) is 5.75 Å². The molecule has 0 radical (unpaired) electrons. The minimum atomic E-state index is -5.70. The molecule has 0 fully saturated rings. The van der Waals surface area contributed by atoms with Crippen LogP contribution in [0.4, 0.5) is 13.2 Å². The summed E-state index contributed by atoms with van der Waals surface area (Å²) < 4.78 is 64.1. The van der Waals surface area contributed by atoms with E-state index in [1.807, 2.05) is 49.4 Å². The molecule has 7 heteroatoms. The summed E-state index contributed by atoms with van der Waals surface area (Å²) in [5.74, 6) is -0.398. The molecule has 27 heavy (non-hydrogen) atoms. The van der Waals surface area contributed by atoms with Crippen LogP contribution in [0.3, 0.4) is 0 Å². The van der Waals surface area contributed by atoms with Crippen LogP contribution in [0.15, 0.2) is 72.8 Å². The largest absolute Gasteiger partial charge is 0.534 e. The van der Waals surface area contributed by atoms with Crippen molar-refractivity contribution in [1.29, 1.82) is 0 Å².